The van der Waals surface area contributed by atoms with Gasteiger partial charge in [0.1, 0.15) is 0 Å². The maximum absolute atomic E-state index is 8.55. The fraction of sp³-hybridized carbons (Fsp3) is 0. The number of hydrogen-bond acceptors (Lipinski definition) is 5. The van der Waals surface area contributed by atoms with E-state index < -0.39 is 7.82 Å². The largest absolute Gasteiger partial charge is 1.00 e. The summed E-state index contributed by atoms with van der Waals surface area (Å²) < 4.78 is 8.55. The SMILES string of the molecule is Nc1ccccc1.O=P([O-])([O-])[O-].[Na+].[Na+].[Na+]. The molecule has 0 radical (unpaired) electrons. The molecule has 0 unspecified atom stereocenters. The van der Waals surface area contributed by atoms with Crippen molar-refractivity contribution in [3.8, 4) is 0 Å². The quantitative estimate of drug-likeness (QED) is 0.282. The van der Waals surface area contributed by atoms with Gasteiger partial charge in [-0.15, -0.1) is 0 Å². The Kier molecular flexibility index (Phi) is 24.5. The molecule has 0 spiro atoms. The molecule has 5 nitrogen and oxygen atoms in total. The molecule has 1 rings (SSSR count). The molecule has 0 amide bonds. The number of benzene rings is 1. The first-order valence-corrected chi connectivity index (χ1v) is 4.39. The van der Waals surface area contributed by atoms with E-state index >= 15 is 0 Å². The van der Waals surface area contributed by atoms with Crippen LogP contribution in [0, 0.1) is 0 Å². The van der Waals surface area contributed by atoms with Crippen LogP contribution in [-0.2, 0) is 4.57 Å². The average Bonchev–Trinajstić information content (AvgIpc) is 1.85. The van der Waals surface area contributed by atoms with Gasteiger partial charge < -0.3 is 25.0 Å². The van der Waals surface area contributed by atoms with Crippen molar-refractivity contribution in [1.82, 2.24) is 0 Å². The summed E-state index contributed by atoms with van der Waals surface area (Å²) in [7, 11) is -5.39. The van der Waals surface area contributed by atoms with Gasteiger partial charge in [-0.3, -0.25) is 0 Å². The van der Waals surface area contributed by atoms with Gasteiger partial charge in [-0.2, -0.15) is 7.82 Å². The zero-order valence-electron chi connectivity index (χ0n) is 9.04. The summed E-state index contributed by atoms with van der Waals surface area (Å²) in [6, 6.07) is 9.49. The zero-order valence-corrected chi connectivity index (χ0v) is 15.9. The molecule has 68 valence electrons. The topological polar surface area (TPSA) is 112 Å². The molecule has 0 bridgehead atoms. The van der Waals surface area contributed by atoms with Gasteiger partial charge in [0.15, 0.2) is 0 Å². The molecule has 0 saturated heterocycles. The Morgan fingerprint density at radius 2 is 1.20 bits per heavy atom. The number of phosphoric acid groups is 1. The number of para-hydroxylation sites is 1. The second kappa shape index (κ2) is 14.2. The molecule has 9 heteroatoms. The molecule has 1 aromatic carbocycles. The molecule has 2 N–H and O–H groups in total. The molecular formula is C6H7NNa3O4P. The number of anilines is 1. The van der Waals surface area contributed by atoms with Gasteiger partial charge in [0.05, 0.1) is 0 Å². The van der Waals surface area contributed by atoms with Crippen LogP contribution >= 0.6 is 7.82 Å². The first-order valence-electron chi connectivity index (χ1n) is 2.93. The van der Waals surface area contributed by atoms with Gasteiger partial charge >= 0.3 is 88.7 Å². The van der Waals surface area contributed by atoms with E-state index in [0.29, 0.717) is 0 Å². The normalized spacial score (nSPS) is 7.93. The van der Waals surface area contributed by atoms with Crippen LogP contribution in [0.3, 0.4) is 0 Å². The first kappa shape index (κ1) is 25.9. The van der Waals surface area contributed by atoms with Crippen LogP contribution in [0.4, 0.5) is 5.69 Å². The minimum Gasteiger partial charge on any atom is -0.822 e. The second-order valence-electron chi connectivity index (χ2n) is 1.86. The third kappa shape index (κ3) is 31.4. The van der Waals surface area contributed by atoms with Crippen molar-refractivity contribution in [2.24, 2.45) is 0 Å². The van der Waals surface area contributed by atoms with E-state index in [2.05, 4.69) is 0 Å². The Hall–Kier alpha value is 2.13. The summed E-state index contributed by atoms with van der Waals surface area (Å²) in [5.74, 6) is 0. The van der Waals surface area contributed by atoms with Crippen LogP contribution in [0.15, 0.2) is 30.3 Å². The average molecular weight is 257 g/mol. The van der Waals surface area contributed by atoms with Crippen LogP contribution in [0.2, 0.25) is 0 Å². The van der Waals surface area contributed by atoms with Crippen molar-refractivity contribution in [1.29, 1.82) is 0 Å². The molecule has 0 heterocycles. The van der Waals surface area contributed by atoms with Crippen LogP contribution in [0.1, 0.15) is 0 Å². The van der Waals surface area contributed by atoms with Crippen molar-refractivity contribution in [3.05, 3.63) is 30.3 Å². The van der Waals surface area contributed by atoms with Crippen LogP contribution in [0.25, 0.3) is 0 Å². The maximum atomic E-state index is 8.55. The van der Waals surface area contributed by atoms with E-state index in [1.807, 2.05) is 30.3 Å². The summed E-state index contributed by atoms with van der Waals surface area (Å²) in [5.41, 5.74) is 6.18. The van der Waals surface area contributed by atoms with Gasteiger partial charge in [-0.25, -0.2) is 0 Å². The van der Waals surface area contributed by atoms with Crippen molar-refractivity contribution in [2.45, 2.75) is 0 Å². The first-order chi connectivity index (χ1) is 5.39. The molecule has 0 aliphatic carbocycles. The Morgan fingerprint density at radius 1 is 0.933 bits per heavy atom. The molecule has 1 aromatic rings. The third-order valence-electron chi connectivity index (χ3n) is 0.800. The number of nitrogen functional groups attached to an aromatic ring is 1. The van der Waals surface area contributed by atoms with Gasteiger partial charge in [-0.05, 0) is 12.1 Å². The predicted molar refractivity (Wildman–Crippen MR) is 38.5 cm³/mol. The molecule has 0 atom stereocenters. The molecular weight excluding hydrogens is 250 g/mol. The molecule has 0 fully saturated rings. The molecule has 0 aliphatic heterocycles. The summed E-state index contributed by atoms with van der Waals surface area (Å²) in [5, 5.41) is 0. The minimum absolute atomic E-state index is 0. The van der Waals surface area contributed by atoms with Gasteiger partial charge in [-0.1, -0.05) is 18.2 Å². The maximum Gasteiger partial charge on any atom is 1.00 e. The Labute approximate surface area is 155 Å². The van der Waals surface area contributed by atoms with E-state index in [9.17, 15) is 0 Å². The van der Waals surface area contributed by atoms with E-state index in [-0.39, 0.29) is 88.7 Å². The Morgan fingerprint density at radius 3 is 1.33 bits per heavy atom. The molecule has 0 saturated carbocycles. The predicted octanol–water partition coefficient (Wildman–Crippen LogP) is -10.5. The molecule has 0 aliphatic rings. The standard InChI is InChI=1S/C6H7N.3Na.H3O4P/c7-6-4-2-1-3-5-6;;;;1-5(2,3)4/h1-5H,7H2;;;;(H3,1,2,3,4)/q;3*+1;/p-3. The number of nitrogens with two attached hydrogens (primary N) is 1. The van der Waals surface area contributed by atoms with Gasteiger partial charge in [0, 0.05) is 5.69 Å². The van der Waals surface area contributed by atoms with Crippen LogP contribution in [-0.4, -0.2) is 0 Å². The van der Waals surface area contributed by atoms with Crippen LogP contribution < -0.4 is 109 Å². The Balaban J connectivity index is -0.0000000701. The van der Waals surface area contributed by atoms with E-state index in [4.69, 9.17) is 25.0 Å². The van der Waals surface area contributed by atoms with Crippen molar-refractivity contribution in [3.63, 3.8) is 0 Å². The van der Waals surface area contributed by atoms with E-state index in [1.165, 1.54) is 0 Å². The van der Waals surface area contributed by atoms with Gasteiger partial charge in [0.2, 0.25) is 0 Å². The fourth-order valence-corrected chi connectivity index (χ4v) is 0.453. The number of rotatable bonds is 0. The van der Waals surface area contributed by atoms with E-state index in [1.54, 1.807) is 0 Å². The van der Waals surface area contributed by atoms with Crippen LogP contribution in [0.5, 0.6) is 0 Å². The van der Waals surface area contributed by atoms with Gasteiger partial charge in [0.25, 0.3) is 0 Å². The minimum atomic E-state index is -5.39. The summed E-state index contributed by atoms with van der Waals surface area (Å²) in [6.07, 6.45) is 0. The monoisotopic (exact) mass is 257 g/mol. The smallest absolute Gasteiger partial charge is 0.822 e. The second-order valence-corrected chi connectivity index (χ2v) is 2.75. The van der Waals surface area contributed by atoms with E-state index in [0.717, 1.165) is 5.69 Å². The van der Waals surface area contributed by atoms with Crippen molar-refractivity contribution < 1.29 is 108 Å². The van der Waals surface area contributed by atoms with Crippen molar-refractivity contribution in [2.75, 3.05) is 5.73 Å². The summed E-state index contributed by atoms with van der Waals surface area (Å²) in [6.45, 7) is 0. The fourth-order valence-electron chi connectivity index (χ4n) is 0.453. The number of hydrogen-bond donors (Lipinski definition) is 1. The zero-order chi connectivity index (χ0) is 9.61. The third-order valence-corrected chi connectivity index (χ3v) is 0.800. The summed E-state index contributed by atoms with van der Waals surface area (Å²) >= 11 is 0. The molecule has 15 heavy (non-hydrogen) atoms. The Bertz CT molecular complexity index is 260. The van der Waals surface area contributed by atoms with Crippen molar-refractivity contribution >= 4 is 13.5 Å². The summed E-state index contributed by atoms with van der Waals surface area (Å²) in [4.78, 5) is 25.6. The molecule has 0 aromatic heterocycles.